The van der Waals surface area contributed by atoms with Crippen LogP contribution in [0.15, 0.2) is 60.8 Å². The van der Waals surface area contributed by atoms with Crippen molar-refractivity contribution in [2.75, 3.05) is 0 Å². The fourth-order valence-electron chi connectivity index (χ4n) is 1.72. The normalized spacial score (nSPS) is 15.5. The summed E-state index contributed by atoms with van der Waals surface area (Å²) in [4.78, 5) is 10.3. The van der Waals surface area contributed by atoms with Gasteiger partial charge in [0.25, 0.3) is 0 Å². The first-order chi connectivity index (χ1) is 11.6. The minimum absolute atomic E-state index is 0.210. The van der Waals surface area contributed by atoms with Gasteiger partial charge in [-0.3, -0.25) is 4.79 Å². The maximum absolute atomic E-state index is 10.3. The van der Waals surface area contributed by atoms with Crippen molar-refractivity contribution in [3.05, 3.63) is 60.8 Å². The Labute approximate surface area is 145 Å². The van der Waals surface area contributed by atoms with Gasteiger partial charge in [0, 0.05) is 6.42 Å². The molecule has 0 radical (unpaired) electrons. The van der Waals surface area contributed by atoms with Gasteiger partial charge >= 0.3 is 5.97 Å². The third kappa shape index (κ3) is 16.5. The molecule has 0 aliphatic rings. The molecule has 2 unspecified atom stereocenters. The number of allylic oxidation sites excluding steroid dienone is 7. The summed E-state index contributed by atoms with van der Waals surface area (Å²) >= 11 is 0. The summed E-state index contributed by atoms with van der Waals surface area (Å²) < 4.78 is 0. The van der Waals surface area contributed by atoms with E-state index >= 15 is 0 Å². The lowest BCUT2D eigenvalue weighted by Crippen LogP contribution is -1.98. The first-order valence-electron chi connectivity index (χ1n) is 8.45. The Morgan fingerprint density at radius 3 is 2.17 bits per heavy atom. The van der Waals surface area contributed by atoms with Gasteiger partial charge in [-0.25, -0.2) is 0 Å². The number of unbranched alkanes of at least 4 members (excludes halogenated alkanes) is 1. The number of aliphatic hydroxyl groups excluding tert-OH is 2. The van der Waals surface area contributed by atoms with E-state index in [1.54, 1.807) is 24.3 Å². The van der Waals surface area contributed by atoms with E-state index in [2.05, 4.69) is 0 Å². The number of hydrogen-bond donors (Lipinski definition) is 3. The fourth-order valence-corrected chi connectivity index (χ4v) is 1.72. The first-order valence-corrected chi connectivity index (χ1v) is 8.45. The molecular formula is C20H30O4. The third-order valence-electron chi connectivity index (χ3n) is 3.16. The Balaban J connectivity index is 3.77. The summed E-state index contributed by atoms with van der Waals surface area (Å²) in [6, 6.07) is 0. The highest BCUT2D eigenvalue weighted by atomic mass is 16.4. The van der Waals surface area contributed by atoms with Crippen LogP contribution in [-0.4, -0.2) is 33.5 Å². The van der Waals surface area contributed by atoms with E-state index in [0.29, 0.717) is 19.3 Å². The predicted octanol–water partition coefficient (Wildman–Crippen LogP) is 3.93. The van der Waals surface area contributed by atoms with Crippen molar-refractivity contribution in [3.8, 4) is 0 Å². The summed E-state index contributed by atoms with van der Waals surface area (Å²) in [6.07, 6.45) is 21.3. The van der Waals surface area contributed by atoms with Crippen molar-refractivity contribution in [1.29, 1.82) is 0 Å². The molecule has 0 aliphatic carbocycles. The Bertz CT molecular complexity index is 458. The quantitative estimate of drug-likeness (QED) is 0.271. The van der Waals surface area contributed by atoms with E-state index in [4.69, 9.17) is 5.11 Å². The van der Waals surface area contributed by atoms with Crippen molar-refractivity contribution in [1.82, 2.24) is 0 Å². The van der Waals surface area contributed by atoms with Crippen LogP contribution in [0.25, 0.3) is 0 Å². The van der Waals surface area contributed by atoms with E-state index in [0.717, 1.165) is 12.8 Å². The smallest absolute Gasteiger partial charge is 0.303 e. The molecule has 0 saturated carbocycles. The summed E-state index contributed by atoms with van der Waals surface area (Å²) in [7, 11) is 0. The summed E-state index contributed by atoms with van der Waals surface area (Å²) in [5.41, 5.74) is 0. The van der Waals surface area contributed by atoms with Crippen LogP contribution in [0.2, 0.25) is 0 Å². The molecule has 3 N–H and O–H groups in total. The molecule has 2 atom stereocenters. The lowest BCUT2D eigenvalue weighted by atomic mass is 10.2. The highest BCUT2D eigenvalue weighted by molar-refractivity contribution is 5.66. The molecule has 4 heteroatoms. The number of aliphatic carboxylic acids is 1. The van der Waals surface area contributed by atoms with Gasteiger partial charge in [0.2, 0.25) is 0 Å². The number of carboxylic acids is 1. The number of carboxylic acid groups (broad SMARTS) is 1. The molecule has 0 bridgehead atoms. The lowest BCUT2D eigenvalue weighted by molar-refractivity contribution is -0.137. The van der Waals surface area contributed by atoms with E-state index < -0.39 is 18.2 Å². The van der Waals surface area contributed by atoms with Crippen LogP contribution >= 0.6 is 0 Å². The highest BCUT2D eigenvalue weighted by Gasteiger charge is 1.94. The molecule has 0 aromatic rings. The molecule has 4 nitrogen and oxygen atoms in total. The van der Waals surface area contributed by atoms with Gasteiger partial charge in [-0.2, -0.15) is 0 Å². The molecule has 0 saturated heterocycles. The lowest BCUT2D eigenvalue weighted by Gasteiger charge is -1.98. The molecule has 134 valence electrons. The van der Waals surface area contributed by atoms with E-state index in [9.17, 15) is 15.0 Å². The van der Waals surface area contributed by atoms with Crippen LogP contribution in [0.5, 0.6) is 0 Å². The van der Waals surface area contributed by atoms with Crippen LogP contribution in [0.1, 0.15) is 45.4 Å². The molecule has 24 heavy (non-hydrogen) atoms. The van der Waals surface area contributed by atoms with Crippen LogP contribution < -0.4 is 0 Å². The number of aliphatic hydroxyl groups is 2. The average molecular weight is 334 g/mol. The Morgan fingerprint density at radius 1 is 0.917 bits per heavy atom. The van der Waals surface area contributed by atoms with Crippen LogP contribution in [0.3, 0.4) is 0 Å². The van der Waals surface area contributed by atoms with Crippen LogP contribution in [0, 0.1) is 0 Å². The zero-order chi connectivity index (χ0) is 18.0. The van der Waals surface area contributed by atoms with Crippen molar-refractivity contribution in [2.45, 2.75) is 57.7 Å². The maximum Gasteiger partial charge on any atom is 0.303 e. The van der Waals surface area contributed by atoms with Gasteiger partial charge in [0.15, 0.2) is 0 Å². The number of rotatable bonds is 13. The summed E-state index contributed by atoms with van der Waals surface area (Å²) in [5.74, 6) is -0.755. The second-order valence-electron chi connectivity index (χ2n) is 5.40. The molecule has 0 amide bonds. The van der Waals surface area contributed by atoms with Crippen LogP contribution in [-0.2, 0) is 4.79 Å². The summed E-state index contributed by atoms with van der Waals surface area (Å²) in [5, 5.41) is 27.6. The first kappa shape index (κ1) is 22.1. The number of hydrogen-bond acceptors (Lipinski definition) is 3. The molecule has 0 aliphatic heterocycles. The Kier molecular flexibility index (Phi) is 14.7. The molecule has 0 spiro atoms. The van der Waals surface area contributed by atoms with E-state index in [-0.39, 0.29) is 6.42 Å². The zero-order valence-corrected chi connectivity index (χ0v) is 14.4. The minimum Gasteiger partial charge on any atom is -0.481 e. The second-order valence-corrected chi connectivity index (χ2v) is 5.40. The minimum atomic E-state index is -0.755. The molecule has 0 heterocycles. The van der Waals surface area contributed by atoms with Gasteiger partial charge in [-0.15, -0.1) is 0 Å². The van der Waals surface area contributed by atoms with Crippen molar-refractivity contribution >= 4 is 5.97 Å². The molecule has 0 aromatic heterocycles. The monoisotopic (exact) mass is 334 g/mol. The molecule has 0 fully saturated rings. The van der Waals surface area contributed by atoms with Crippen molar-refractivity contribution < 1.29 is 20.1 Å². The summed E-state index contributed by atoms with van der Waals surface area (Å²) in [6.45, 7) is 1.91. The van der Waals surface area contributed by atoms with E-state index in [1.807, 2.05) is 43.4 Å². The molecule has 0 rings (SSSR count). The zero-order valence-electron chi connectivity index (χ0n) is 14.4. The second kappa shape index (κ2) is 16.0. The van der Waals surface area contributed by atoms with Crippen LogP contribution in [0.4, 0.5) is 0 Å². The van der Waals surface area contributed by atoms with Gasteiger partial charge in [-0.1, -0.05) is 67.7 Å². The van der Waals surface area contributed by atoms with Gasteiger partial charge in [-0.05, 0) is 32.1 Å². The van der Waals surface area contributed by atoms with Gasteiger partial charge in [0.1, 0.15) is 0 Å². The SMILES string of the molecule is CCC(O)\C=C/C=C\C=C\C(O)C/C=C\C/C=C\CCCC(=O)O. The van der Waals surface area contributed by atoms with Crippen molar-refractivity contribution in [2.24, 2.45) is 0 Å². The highest BCUT2D eigenvalue weighted by Crippen LogP contribution is 2.00. The Morgan fingerprint density at radius 2 is 1.54 bits per heavy atom. The average Bonchev–Trinajstić information content (AvgIpc) is 2.55. The van der Waals surface area contributed by atoms with Gasteiger partial charge < -0.3 is 15.3 Å². The van der Waals surface area contributed by atoms with Crippen molar-refractivity contribution in [3.63, 3.8) is 0 Å². The predicted molar refractivity (Wildman–Crippen MR) is 98.7 cm³/mol. The third-order valence-corrected chi connectivity index (χ3v) is 3.16. The fraction of sp³-hybridized carbons (Fsp3) is 0.450. The van der Waals surface area contributed by atoms with Gasteiger partial charge in [0.05, 0.1) is 12.2 Å². The molecular weight excluding hydrogens is 304 g/mol. The largest absolute Gasteiger partial charge is 0.481 e. The standard InChI is InChI=1S/C20H30O4/c1-2-18(21)14-10-8-9-12-16-19(22)15-11-6-4-3-5-7-13-17-20(23)24/h3,5-6,8-12,14,16,18-19,21-22H,2,4,7,13,15,17H2,1H3,(H,23,24)/b5-3-,9-8-,11-6-,14-10-,16-12+. The number of carbonyl (C=O) groups is 1. The van der Waals surface area contributed by atoms with E-state index in [1.165, 1.54) is 0 Å². The molecule has 0 aromatic carbocycles. The topological polar surface area (TPSA) is 77.8 Å². The maximum atomic E-state index is 10.3. The Hall–Kier alpha value is -1.91.